The SMILES string of the molecule is CCN(C)CC(=O)N(C)c1ccc(N/C(=C2\C(=O)Nc3cc(C(=O)OC)ccc32)c2ccccc2)cc1. The molecule has 0 fully saturated rings. The second kappa shape index (κ2) is 11.1. The summed E-state index contributed by atoms with van der Waals surface area (Å²) in [5, 5.41) is 6.28. The van der Waals surface area contributed by atoms with Crippen molar-refractivity contribution in [1.29, 1.82) is 0 Å². The van der Waals surface area contributed by atoms with Gasteiger partial charge in [-0.1, -0.05) is 43.3 Å². The van der Waals surface area contributed by atoms with E-state index in [2.05, 4.69) is 10.6 Å². The quantitative estimate of drug-likeness (QED) is 0.355. The zero-order valence-electron chi connectivity index (χ0n) is 21.4. The number of carbonyl (C=O) groups excluding carboxylic acids is 3. The first-order valence-electron chi connectivity index (χ1n) is 12.0. The average molecular weight is 499 g/mol. The number of ether oxygens (including phenoxy) is 1. The number of methoxy groups -OCH3 is 1. The van der Waals surface area contributed by atoms with Gasteiger partial charge in [0.05, 0.1) is 36.2 Å². The van der Waals surface area contributed by atoms with E-state index >= 15 is 0 Å². The Bertz CT molecular complexity index is 1350. The average Bonchev–Trinajstić information content (AvgIpc) is 3.26. The molecule has 2 amide bonds. The molecule has 1 aliphatic rings. The molecule has 0 unspecified atom stereocenters. The molecule has 0 aliphatic carbocycles. The monoisotopic (exact) mass is 498 g/mol. The number of esters is 1. The summed E-state index contributed by atoms with van der Waals surface area (Å²) in [6.07, 6.45) is 0. The van der Waals surface area contributed by atoms with Crippen molar-refractivity contribution >= 4 is 46.1 Å². The lowest BCUT2D eigenvalue weighted by Gasteiger charge is -2.21. The largest absolute Gasteiger partial charge is 0.465 e. The molecule has 3 aromatic carbocycles. The van der Waals surface area contributed by atoms with Gasteiger partial charge in [0.1, 0.15) is 0 Å². The maximum atomic E-state index is 13.1. The molecular weight excluding hydrogens is 468 g/mol. The molecule has 0 bridgehead atoms. The Hall–Kier alpha value is -4.43. The lowest BCUT2D eigenvalue weighted by Crippen LogP contribution is -2.36. The Morgan fingerprint density at radius 1 is 0.946 bits per heavy atom. The van der Waals surface area contributed by atoms with Crippen molar-refractivity contribution in [3.8, 4) is 0 Å². The van der Waals surface area contributed by atoms with Crippen LogP contribution >= 0.6 is 0 Å². The van der Waals surface area contributed by atoms with Crippen molar-refractivity contribution in [2.24, 2.45) is 0 Å². The number of nitrogens with one attached hydrogen (secondary N) is 2. The number of amides is 2. The standard InChI is InChI=1S/C29H30N4O4/c1-5-32(2)18-25(34)33(3)22-14-12-21(13-15-22)30-27(19-9-7-6-8-10-19)26-23-16-11-20(29(36)37-4)17-24(23)31-28(26)35/h6-17,30H,5,18H2,1-4H3,(H,31,35)/b27-26-. The molecule has 8 nitrogen and oxygen atoms in total. The molecule has 0 spiro atoms. The zero-order chi connectivity index (χ0) is 26.5. The van der Waals surface area contributed by atoms with Crippen LogP contribution < -0.4 is 15.5 Å². The van der Waals surface area contributed by atoms with Crippen molar-refractivity contribution in [1.82, 2.24) is 4.90 Å². The van der Waals surface area contributed by atoms with Crippen LogP contribution in [0.1, 0.15) is 28.4 Å². The van der Waals surface area contributed by atoms with Crippen molar-refractivity contribution in [3.63, 3.8) is 0 Å². The third-order valence-electron chi connectivity index (χ3n) is 6.34. The second-order valence-electron chi connectivity index (χ2n) is 8.78. The molecular formula is C29H30N4O4. The summed E-state index contributed by atoms with van der Waals surface area (Å²) < 4.78 is 4.81. The number of anilines is 3. The number of likely N-dealkylation sites (N-methyl/N-ethyl adjacent to an activating group) is 2. The van der Waals surface area contributed by atoms with Crippen LogP contribution in [0.4, 0.5) is 17.1 Å². The Labute approximate surface area is 216 Å². The Morgan fingerprint density at radius 3 is 2.30 bits per heavy atom. The second-order valence-corrected chi connectivity index (χ2v) is 8.78. The van der Waals surface area contributed by atoms with Gasteiger partial charge >= 0.3 is 5.97 Å². The van der Waals surface area contributed by atoms with E-state index in [1.807, 2.05) is 73.5 Å². The molecule has 0 saturated heterocycles. The van der Waals surface area contributed by atoms with Crippen molar-refractivity contribution in [2.75, 3.05) is 49.8 Å². The van der Waals surface area contributed by atoms with Crippen molar-refractivity contribution in [3.05, 3.63) is 89.5 Å². The van der Waals surface area contributed by atoms with Gasteiger partial charge < -0.3 is 20.3 Å². The smallest absolute Gasteiger partial charge is 0.337 e. The van der Waals surface area contributed by atoms with E-state index in [0.717, 1.165) is 23.5 Å². The van der Waals surface area contributed by atoms with Gasteiger partial charge in [-0.15, -0.1) is 0 Å². The fraction of sp³-hybridized carbons (Fsp3) is 0.207. The highest BCUT2D eigenvalue weighted by molar-refractivity contribution is 6.37. The van der Waals surface area contributed by atoms with Gasteiger partial charge in [0.25, 0.3) is 5.91 Å². The van der Waals surface area contributed by atoms with Gasteiger partial charge in [-0.2, -0.15) is 0 Å². The maximum Gasteiger partial charge on any atom is 0.337 e. The molecule has 3 aromatic rings. The molecule has 0 radical (unpaired) electrons. The Balaban J connectivity index is 1.68. The van der Waals surface area contributed by atoms with Crippen LogP contribution in [-0.4, -0.2) is 57.0 Å². The minimum Gasteiger partial charge on any atom is -0.465 e. The van der Waals surface area contributed by atoms with Crippen LogP contribution in [0.3, 0.4) is 0 Å². The van der Waals surface area contributed by atoms with E-state index in [1.54, 1.807) is 30.1 Å². The Morgan fingerprint density at radius 2 is 1.65 bits per heavy atom. The highest BCUT2D eigenvalue weighted by atomic mass is 16.5. The van der Waals surface area contributed by atoms with E-state index < -0.39 is 5.97 Å². The van der Waals surface area contributed by atoms with Crippen LogP contribution in [0, 0.1) is 0 Å². The number of fused-ring (bicyclic) bond motifs is 1. The molecule has 2 N–H and O–H groups in total. The summed E-state index contributed by atoms with van der Waals surface area (Å²) in [7, 11) is 4.98. The number of carbonyl (C=O) groups is 3. The molecule has 1 aliphatic heterocycles. The first-order valence-corrected chi connectivity index (χ1v) is 12.0. The van der Waals surface area contributed by atoms with Crippen LogP contribution in [0.25, 0.3) is 11.3 Å². The third-order valence-corrected chi connectivity index (χ3v) is 6.34. The van der Waals surface area contributed by atoms with Gasteiger partial charge in [-0.25, -0.2) is 4.79 Å². The van der Waals surface area contributed by atoms with Crippen molar-refractivity contribution < 1.29 is 19.1 Å². The predicted octanol–water partition coefficient (Wildman–Crippen LogP) is 4.32. The van der Waals surface area contributed by atoms with E-state index in [0.29, 0.717) is 34.6 Å². The molecule has 37 heavy (non-hydrogen) atoms. The third kappa shape index (κ3) is 5.54. The first-order chi connectivity index (χ1) is 17.8. The van der Waals surface area contributed by atoms with Gasteiger partial charge in [-0.05, 0) is 55.6 Å². The highest BCUT2D eigenvalue weighted by Crippen LogP contribution is 2.38. The number of nitrogens with zero attached hydrogens (tertiary/aromatic N) is 2. The molecule has 4 rings (SSSR count). The molecule has 0 aromatic heterocycles. The van der Waals surface area contributed by atoms with E-state index in [4.69, 9.17) is 4.74 Å². The molecule has 1 heterocycles. The minimum atomic E-state index is -0.472. The summed E-state index contributed by atoms with van der Waals surface area (Å²) in [6.45, 7) is 3.14. The van der Waals surface area contributed by atoms with Crippen LogP contribution in [0.2, 0.25) is 0 Å². The summed E-state index contributed by atoms with van der Waals surface area (Å²) >= 11 is 0. The van der Waals surface area contributed by atoms with Crippen LogP contribution in [0.5, 0.6) is 0 Å². The first kappa shape index (κ1) is 25.7. The summed E-state index contributed by atoms with van der Waals surface area (Å²) in [5.74, 6) is -0.742. The predicted molar refractivity (Wildman–Crippen MR) is 146 cm³/mol. The highest BCUT2D eigenvalue weighted by Gasteiger charge is 2.29. The molecule has 8 heteroatoms. The molecule has 0 saturated carbocycles. The molecule has 190 valence electrons. The zero-order valence-corrected chi connectivity index (χ0v) is 21.4. The van der Waals surface area contributed by atoms with E-state index in [9.17, 15) is 14.4 Å². The Kier molecular flexibility index (Phi) is 7.69. The number of rotatable bonds is 8. The van der Waals surface area contributed by atoms with Crippen LogP contribution in [-0.2, 0) is 14.3 Å². The summed E-state index contributed by atoms with van der Waals surface area (Å²) in [4.78, 5) is 41.3. The number of hydrogen-bond donors (Lipinski definition) is 2. The summed E-state index contributed by atoms with van der Waals surface area (Å²) in [5.41, 5.74) is 5.05. The van der Waals surface area contributed by atoms with E-state index in [-0.39, 0.29) is 11.8 Å². The topological polar surface area (TPSA) is 91.0 Å². The van der Waals surface area contributed by atoms with Crippen LogP contribution in [0.15, 0.2) is 72.8 Å². The minimum absolute atomic E-state index is 0.00251. The van der Waals surface area contributed by atoms with Gasteiger partial charge in [0.2, 0.25) is 5.91 Å². The van der Waals surface area contributed by atoms with Crippen molar-refractivity contribution in [2.45, 2.75) is 6.92 Å². The number of benzene rings is 3. The lowest BCUT2D eigenvalue weighted by atomic mass is 9.99. The fourth-order valence-electron chi connectivity index (χ4n) is 4.06. The fourth-order valence-corrected chi connectivity index (χ4v) is 4.06. The summed E-state index contributed by atoms with van der Waals surface area (Å²) in [6, 6.07) is 22.1. The van der Waals surface area contributed by atoms with Gasteiger partial charge in [-0.3, -0.25) is 14.5 Å². The van der Waals surface area contributed by atoms with Gasteiger partial charge in [0, 0.05) is 24.0 Å². The van der Waals surface area contributed by atoms with E-state index in [1.165, 1.54) is 7.11 Å². The maximum absolute atomic E-state index is 13.1. The molecule has 0 atom stereocenters. The van der Waals surface area contributed by atoms with Gasteiger partial charge in [0.15, 0.2) is 0 Å². The lowest BCUT2D eigenvalue weighted by molar-refractivity contribution is -0.119. The normalized spacial score (nSPS) is 13.6. The number of hydrogen-bond acceptors (Lipinski definition) is 6.